The van der Waals surface area contributed by atoms with Gasteiger partial charge in [0.1, 0.15) is 21.6 Å². The van der Waals surface area contributed by atoms with E-state index in [0.29, 0.717) is 52.6 Å². The highest BCUT2D eigenvalue weighted by Gasteiger charge is 2.33. The normalized spacial score (nSPS) is 17.9. The number of hydrogen-bond donors (Lipinski definition) is 0. The fraction of sp³-hybridized carbons (Fsp3) is 0.250. The molecule has 34 heavy (non-hydrogen) atoms. The van der Waals surface area contributed by atoms with Crippen LogP contribution in [0.15, 0.2) is 52.3 Å². The molecule has 0 saturated carbocycles. The molecule has 2 aliphatic heterocycles. The number of morpholine rings is 1. The fourth-order valence-electron chi connectivity index (χ4n) is 3.93. The summed E-state index contributed by atoms with van der Waals surface area (Å²) >= 11 is 6.60. The number of thioether (sulfide) groups is 1. The van der Waals surface area contributed by atoms with Crippen LogP contribution in [0, 0.1) is 12.7 Å². The Kier molecular flexibility index (Phi) is 6.20. The fourth-order valence-corrected chi connectivity index (χ4v) is 5.17. The minimum atomic E-state index is -0.343. The topological polar surface area (TPSA) is 67.2 Å². The summed E-state index contributed by atoms with van der Waals surface area (Å²) in [5, 5.41) is 0. The average Bonchev–Trinajstić information content (AvgIpc) is 3.10. The zero-order chi connectivity index (χ0) is 23.8. The third-order valence-electron chi connectivity index (χ3n) is 5.70. The molecule has 0 bridgehead atoms. The van der Waals surface area contributed by atoms with E-state index in [1.54, 1.807) is 24.4 Å². The van der Waals surface area contributed by atoms with Gasteiger partial charge in [0.2, 0.25) is 0 Å². The molecule has 0 aliphatic carbocycles. The molecule has 3 aromatic rings. The lowest BCUT2D eigenvalue weighted by atomic mass is 10.2. The molecule has 0 spiro atoms. The summed E-state index contributed by atoms with van der Waals surface area (Å²) in [6.07, 6.45) is 3.34. The minimum Gasteiger partial charge on any atom is -0.378 e. The molecule has 0 N–H and O–H groups in total. The van der Waals surface area contributed by atoms with E-state index >= 15 is 0 Å². The van der Waals surface area contributed by atoms with Crippen LogP contribution in [0.2, 0.25) is 0 Å². The summed E-state index contributed by atoms with van der Waals surface area (Å²) in [5.41, 5.74) is 2.31. The number of thiocarbonyl (C=S) groups is 1. The van der Waals surface area contributed by atoms with E-state index in [1.165, 1.54) is 21.4 Å². The van der Waals surface area contributed by atoms with Crippen LogP contribution < -0.4 is 10.5 Å². The standard InChI is InChI=1S/C24H21FN4O3S2/c1-15-2-7-20-26-21(27-8-10-32-11-9-27)18(22(30)28(20)13-15)12-19-23(31)29(24(33)34-19)14-16-3-5-17(25)6-4-16/h2-7,12-13H,8-11,14H2,1H3/b19-12+. The van der Waals surface area contributed by atoms with Gasteiger partial charge in [-0.1, -0.05) is 42.2 Å². The molecule has 174 valence electrons. The van der Waals surface area contributed by atoms with E-state index in [-0.39, 0.29) is 23.8 Å². The number of ether oxygens (including phenoxy) is 1. The van der Waals surface area contributed by atoms with E-state index in [1.807, 2.05) is 24.0 Å². The lowest BCUT2D eigenvalue weighted by Gasteiger charge is -2.29. The highest BCUT2D eigenvalue weighted by molar-refractivity contribution is 8.26. The molecule has 5 rings (SSSR count). The van der Waals surface area contributed by atoms with Crippen molar-refractivity contribution >= 4 is 51.7 Å². The zero-order valence-electron chi connectivity index (χ0n) is 18.4. The van der Waals surface area contributed by atoms with Crippen molar-refractivity contribution in [1.29, 1.82) is 0 Å². The third kappa shape index (κ3) is 4.36. The first kappa shape index (κ1) is 22.7. The Hall–Kier alpha value is -3.08. The van der Waals surface area contributed by atoms with Crippen molar-refractivity contribution in [1.82, 2.24) is 14.3 Å². The smallest absolute Gasteiger partial charge is 0.267 e. The number of halogens is 1. The van der Waals surface area contributed by atoms with Crippen molar-refractivity contribution in [3.05, 3.63) is 80.4 Å². The molecule has 4 heterocycles. The van der Waals surface area contributed by atoms with E-state index in [4.69, 9.17) is 21.9 Å². The van der Waals surface area contributed by atoms with E-state index in [9.17, 15) is 14.0 Å². The van der Waals surface area contributed by atoms with Gasteiger partial charge in [0.15, 0.2) is 0 Å². The summed E-state index contributed by atoms with van der Waals surface area (Å²) in [6, 6.07) is 9.66. The molecule has 1 aromatic carbocycles. The van der Waals surface area contributed by atoms with Crippen molar-refractivity contribution in [2.45, 2.75) is 13.5 Å². The number of pyridine rings is 1. The molecule has 1 amide bonds. The van der Waals surface area contributed by atoms with Crippen LogP contribution in [-0.2, 0) is 16.1 Å². The van der Waals surface area contributed by atoms with Gasteiger partial charge in [-0.05, 0) is 42.3 Å². The largest absolute Gasteiger partial charge is 0.378 e. The molecular weight excluding hydrogens is 475 g/mol. The van der Waals surface area contributed by atoms with Gasteiger partial charge in [0.25, 0.3) is 11.5 Å². The van der Waals surface area contributed by atoms with Crippen molar-refractivity contribution < 1.29 is 13.9 Å². The van der Waals surface area contributed by atoms with Gasteiger partial charge < -0.3 is 9.64 Å². The number of benzene rings is 1. The predicted octanol–water partition coefficient (Wildman–Crippen LogP) is 3.38. The third-order valence-corrected chi connectivity index (χ3v) is 7.08. The van der Waals surface area contributed by atoms with Gasteiger partial charge in [-0.25, -0.2) is 9.37 Å². The SMILES string of the molecule is Cc1ccc2nc(N3CCOCC3)c(/C=C3/SC(=S)N(Cc4ccc(F)cc4)C3=O)c(=O)n2c1. The monoisotopic (exact) mass is 496 g/mol. The molecule has 2 aromatic heterocycles. The van der Waals surface area contributed by atoms with E-state index in [2.05, 4.69) is 0 Å². The van der Waals surface area contributed by atoms with Gasteiger partial charge >= 0.3 is 0 Å². The first-order valence-corrected chi connectivity index (χ1v) is 12.0. The second kappa shape index (κ2) is 9.28. The number of rotatable bonds is 4. The van der Waals surface area contributed by atoms with Crippen LogP contribution in [0.3, 0.4) is 0 Å². The maximum atomic E-state index is 13.5. The molecule has 0 unspecified atom stereocenters. The molecule has 7 nitrogen and oxygen atoms in total. The zero-order valence-corrected chi connectivity index (χ0v) is 20.0. The predicted molar refractivity (Wildman–Crippen MR) is 134 cm³/mol. The number of aromatic nitrogens is 2. The summed E-state index contributed by atoms with van der Waals surface area (Å²) in [7, 11) is 0. The van der Waals surface area contributed by atoms with Crippen LogP contribution in [0.4, 0.5) is 10.2 Å². The molecule has 2 fully saturated rings. The van der Waals surface area contributed by atoms with Gasteiger partial charge in [-0.3, -0.25) is 18.9 Å². The molecule has 0 atom stereocenters. The minimum absolute atomic E-state index is 0.229. The molecule has 2 aliphatic rings. The van der Waals surface area contributed by atoms with Crippen molar-refractivity contribution in [3.63, 3.8) is 0 Å². The van der Waals surface area contributed by atoms with E-state index < -0.39 is 0 Å². The molecule has 2 saturated heterocycles. The summed E-state index contributed by atoms with van der Waals surface area (Å²) in [6.45, 7) is 4.40. The molecule has 10 heteroatoms. The second-order valence-corrected chi connectivity index (χ2v) is 9.76. The van der Waals surface area contributed by atoms with Crippen LogP contribution in [-0.4, -0.2) is 50.8 Å². The second-order valence-electron chi connectivity index (χ2n) is 8.08. The quantitative estimate of drug-likeness (QED) is 0.405. The van der Waals surface area contributed by atoms with Crippen LogP contribution in [0.25, 0.3) is 11.7 Å². The summed E-state index contributed by atoms with van der Waals surface area (Å²) in [4.78, 5) is 35.4. The number of carbonyl (C=O) groups is 1. The van der Waals surface area contributed by atoms with E-state index in [0.717, 1.165) is 22.9 Å². The Morgan fingerprint density at radius 2 is 1.88 bits per heavy atom. The summed E-state index contributed by atoms with van der Waals surface area (Å²) in [5.74, 6) is -0.105. The first-order valence-electron chi connectivity index (χ1n) is 10.8. The Morgan fingerprint density at radius 1 is 1.15 bits per heavy atom. The lowest BCUT2D eigenvalue weighted by Crippen LogP contribution is -2.38. The Balaban J connectivity index is 1.56. The lowest BCUT2D eigenvalue weighted by molar-refractivity contribution is -0.122. The average molecular weight is 497 g/mol. The number of hydrogen-bond acceptors (Lipinski definition) is 7. The van der Waals surface area contributed by atoms with Gasteiger partial charge in [-0.15, -0.1) is 0 Å². The van der Waals surface area contributed by atoms with Crippen LogP contribution in [0.5, 0.6) is 0 Å². The first-order chi connectivity index (χ1) is 16.4. The summed E-state index contributed by atoms with van der Waals surface area (Å²) < 4.78 is 20.6. The molecule has 0 radical (unpaired) electrons. The number of aryl methyl sites for hydroxylation is 1. The van der Waals surface area contributed by atoms with Crippen molar-refractivity contribution in [2.24, 2.45) is 0 Å². The van der Waals surface area contributed by atoms with Gasteiger partial charge in [0.05, 0.1) is 30.2 Å². The Morgan fingerprint density at radius 3 is 2.62 bits per heavy atom. The van der Waals surface area contributed by atoms with Gasteiger partial charge in [0, 0.05) is 19.3 Å². The van der Waals surface area contributed by atoms with Crippen LogP contribution >= 0.6 is 24.0 Å². The van der Waals surface area contributed by atoms with Crippen LogP contribution in [0.1, 0.15) is 16.7 Å². The highest BCUT2D eigenvalue weighted by atomic mass is 32.2. The van der Waals surface area contributed by atoms with Gasteiger partial charge in [-0.2, -0.15) is 0 Å². The molecular formula is C24H21FN4O3S2. The maximum absolute atomic E-state index is 13.5. The Labute approximate surface area is 204 Å². The number of carbonyl (C=O) groups excluding carboxylic acids is 1. The number of nitrogens with zero attached hydrogens (tertiary/aromatic N) is 4. The van der Waals surface area contributed by atoms with Crippen molar-refractivity contribution in [3.8, 4) is 0 Å². The number of fused-ring (bicyclic) bond motifs is 1. The maximum Gasteiger partial charge on any atom is 0.267 e. The Bertz CT molecular complexity index is 1380. The van der Waals surface area contributed by atoms with Crippen molar-refractivity contribution in [2.75, 3.05) is 31.2 Å². The highest BCUT2D eigenvalue weighted by Crippen LogP contribution is 2.34. The number of anilines is 1. The number of amides is 1.